The van der Waals surface area contributed by atoms with Crippen LogP contribution < -0.4 is 0 Å². The number of aromatic nitrogens is 2. The standard InChI is InChI=1S/C22H16N5/c1-2-9-19-17(6-1)13-23-14-20(19)22-15-27(26-25-22)18-8-5-7-16(12-18)21-10-3-4-11-24-21/h1-14H,15H2/q+1. The van der Waals surface area contributed by atoms with Crippen LogP contribution in [0.5, 0.6) is 0 Å². The smallest absolute Gasteiger partial charge is 0.233 e. The summed E-state index contributed by atoms with van der Waals surface area (Å²) in [5, 5.41) is 11.1. The molecule has 0 saturated carbocycles. The third kappa shape index (κ3) is 2.89. The number of hydrogen-bond acceptors (Lipinski definition) is 4. The van der Waals surface area contributed by atoms with E-state index in [1.165, 1.54) is 0 Å². The molecule has 4 aromatic rings. The third-order valence-corrected chi connectivity index (χ3v) is 4.66. The summed E-state index contributed by atoms with van der Waals surface area (Å²) in [5.41, 5.74) is 4.94. The van der Waals surface area contributed by atoms with Crippen molar-refractivity contribution in [3.63, 3.8) is 0 Å². The van der Waals surface area contributed by atoms with Gasteiger partial charge in [-0.3, -0.25) is 9.97 Å². The molecule has 0 unspecified atom stereocenters. The lowest BCUT2D eigenvalue weighted by atomic mass is 10.0. The van der Waals surface area contributed by atoms with Gasteiger partial charge in [0.2, 0.25) is 5.71 Å². The van der Waals surface area contributed by atoms with Crippen molar-refractivity contribution in [3.05, 3.63) is 90.9 Å². The lowest BCUT2D eigenvalue weighted by Gasteiger charge is -2.04. The summed E-state index contributed by atoms with van der Waals surface area (Å²) in [6, 6.07) is 22.3. The summed E-state index contributed by atoms with van der Waals surface area (Å²) in [6.07, 6.45) is 5.54. The van der Waals surface area contributed by atoms with Crippen LogP contribution in [0.25, 0.3) is 22.0 Å². The fourth-order valence-electron chi connectivity index (χ4n) is 3.30. The van der Waals surface area contributed by atoms with Gasteiger partial charge in [-0.25, -0.2) is 0 Å². The Morgan fingerprint density at radius 3 is 2.70 bits per heavy atom. The first kappa shape index (κ1) is 15.5. The second kappa shape index (κ2) is 6.53. The molecule has 5 heteroatoms. The summed E-state index contributed by atoms with van der Waals surface area (Å²) >= 11 is 0. The van der Waals surface area contributed by atoms with Gasteiger partial charge in [0, 0.05) is 29.5 Å². The van der Waals surface area contributed by atoms with E-state index in [2.05, 4.69) is 44.6 Å². The van der Waals surface area contributed by atoms with E-state index >= 15 is 0 Å². The molecule has 0 amide bonds. The highest BCUT2D eigenvalue weighted by molar-refractivity contribution is 6.11. The predicted molar refractivity (Wildman–Crippen MR) is 105 cm³/mol. The zero-order valence-corrected chi connectivity index (χ0v) is 14.5. The van der Waals surface area contributed by atoms with Crippen molar-refractivity contribution in [2.45, 2.75) is 0 Å². The van der Waals surface area contributed by atoms with E-state index in [-0.39, 0.29) is 0 Å². The maximum absolute atomic E-state index is 4.43. The average molecular weight is 350 g/mol. The first-order valence-corrected chi connectivity index (χ1v) is 8.78. The molecule has 0 saturated heterocycles. The molecule has 3 heterocycles. The molecule has 1 aliphatic heterocycles. The molecule has 128 valence electrons. The van der Waals surface area contributed by atoms with Crippen LogP contribution in [-0.4, -0.2) is 26.9 Å². The highest BCUT2D eigenvalue weighted by Crippen LogP contribution is 2.25. The van der Waals surface area contributed by atoms with Gasteiger partial charge >= 0.3 is 0 Å². The van der Waals surface area contributed by atoms with Crippen molar-refractivity contribution < 1.29 is 4.70 Å². The summed E-state index contributed by atoms with van der Waals surface area (Å²) in [7, 11) is 0. The minimum Gasteiger partial charge on any atom is -0.263 e. The molecule has 2 aromatic heterocycles. The van der Waals surface area contributed by atoms with Gasteiger partial charge in [-0.1, -0.05) is 42.5 Å². The fraction of sp³-hybridized carbons (Fsp3) is 0.0455. The molecule has 0 fully saturated rings. The van der Waals surface area contributed by atoms with E-state index < -0.39 is 0 Å². The van der Waals surface area contributed by atoms with E-state index in [4.69, 9.17) is 0 Å². The number of fused-ring (bicyclic) bond motifs is 1. The Hall–Kier alpha value is -3.73. The molecule has 0 N–H and O–H groups in total. The van der Waals surface area contributed by atoms with Gasteiger partial charge in [-0.2, -0.15) is 0 Å². The van der Waals surface area contributed by atoms with Gasteiger partial charge in [-0.05, 0) is 29.7 Å². The summed E-state index contributed by atoms with van der Waals surface area (Å²) in [6.45, 7) is 0.612. The fourth-order valence-corrected chi connectivity index (χ4v) is 3.30. The zero-order valence-electron chi connectivity index (χ0n) is 14.5. The van der Waals surface area contributed by atoms with Gasteiger partial charge in [0.15, 0.2) is 12.2 Å². The van der Waals surface area contributed by atoms with Crippen LogP contribution >= 0.6 is 0 Å². The molecular formula is C22H16N5+. The Labute approximate surface area is 156 Å². The Balaban J connectivity index is 1.45. The molecule has 0 atom stereocenters. The SMILES string of the molecule is c1ccc(-c2cccc([N+]3=NN=C(c4cncc5ccccc45)C3)c2)nc1. The predicted octanol–water partition coefficient (Wildman–Crippen LogP) is 4.81. The van der Waals surface area contributed by atoms with E-state index in [0.717, 1.165) is 39.0 Å². The van der Waals surface area contributed by atoms with Crippen LogP contribution in [0.4, 0.5) is 5.69 Å². The van der Waals surface area contributed by atoms with Crippen molar-refractivity contribution >= 4 is 22.2 Å². The number of benzene rings is 2. The van der Waals surface area contributed by atoms with Crippen LogP contribution in [0.15, 0.2) is 95.6 Å². The monoisotopic (exact) mass is 350 g/mol. The summed E-state index contributed by atoms with van der Waals surface area (Å²) < 4.78 is 1.91. The lowest BCUT2D eigenvalue weighted by Crippen LogP contribution is -2.12. The topological polar surface area (TPSA) is 53.5 Å². The van der Waals surface area contributed by atoms with Crippen LogP contribution in [0, 0.1) is 0 Å². The number of hydrogen-bond donors (Lipinski definition) is 0. The second-order valence-corrected chi connectivity index (χ2v) is 6.37. The van der Waals surface area contributed by atoms with Gasteiger partial charge < -0.3 is 0 Å². The Morgan fingerprint density at radius 1 is 0.852 bits per heavy atom. The molecule has 0 radical (unpaired) electrons. The average Bonchev–Trinajstić information content (AvgIpc) is 3.24. The molecule has 0 spiro atoms. The number of rotatable bonds is 3. The van der Waals surface area contributed by atoms with E-state index in [9.17, 15) is 0 Å². The van der Waals surface area contributed by atoms with Crippen LogP contribution in [0.3, 0.4) is 0 Å². The minimum atomic E-state index is 0.612. The van der Waals surface area contributed by atoms with Crippen molar-refractivity contribution in [1.82, 2.24) is 9.97 Å². The van der Waals surface area contributed by atoms with Gasteiger partial charge in [-0.15, -0.1) is 4.70 Å². The zero-order chi connectivity index (χ0) is 18.1. The molecule has 1 aliphatic rings. The number of pyridine rings is 2. The summed E-state index contributed by atoms with van der Waals surface area (Å²) in [4.78, 5) is 8.79. The third-order valence-electron chi connectivity index (χ3n) is 4.66. The molecule has 5 nitrogen and oxygen atoms in total. The lowest BCUT2D eigenvalue weighted by molar-refractivity contribution is -0.492. The van der Waals surface area contributed by atoms with E-state index in [1.54, 1.807) is 6.20 Å². The minimum absolute atomic E-state index is 0.612. The van der Waals surface area contributed by atoms with Crippen LogP contribution in [0.2, 0.25) is 0 Å². The van der Waals surface area contributed by atoms with Gasteiger partial charge in [0.25, 0.3) is 0 Å². The normalized spacial score (nSPS) is 13.5. The number of nitrogens with zero attached hydrogens (tertiary/aromatic N) is 5. The Bertz CT molecular complexity index is 1190. The van der Waals surface area contributed by atoms with Gasteiger partial charge in [0.1, 0.15) is 5.22 Å². The summed E-state index contributed by atoms with van der Waals surface area (Å²) in [5.74, 6) is 0. The molecule has 0 bridgehead atoms. The van der Waals surface area contributed by atoms with Crippen molar-refractivity contribution in [2.75, 3.05) is 6.54 Å². The molecule has 5 rings (SSSR count). The first-order valence-electron chi connectivity index (χ1n) is 8.78. The second-order valence-electron chi connectivity index (χ2n) is 6.37. The Kier molecular flexibility index (Phi) is 3.76. The molecule has 27 heavy (non-hydrogen) atoms. The maximum atomic E-state index is 4.43. The van der Waals surface area contributed by atoms with Crippen molar-refractivity contribution in [1.29, 1.82) is 0 Å². The van der Waals surface area contributed by atoms with E-state index in [0.29, 0.717) is 6.54 Å². The maximum Gasteiger partial charge on any atom is 0.233 e. The quantitative estimate of drug-likeness (QED) is 0.498. The highest BCUT2D eigenvalue weighted by Gasteiger charge is 2.25. The first-order chi connectivity index (χ1) is 13.4. The Morgan fingerprint density at radius 2 is 1.78 bits per heavy atom. The molecular weight excluding hydrogens is 334 g/mol. The van der Waals surface area contributed by atoms with Crippen molar-refractivity contribution in [2.24, 2.45) is 10.3 Å². The van der Waals surface area contributed by atoms with Crippen LogP contribution in [0.1, 0.15) is 5.56 Å². The highest BCUT2D eigenvalue weighted by atomic mass is 15.5. The van der Waals surface area contributed by atoms with E-state index in [1.807, 2.05) is 59.6 Å². The largest absolute Gasteiger partial charge is 0.263 e. The van der Waals surface area contributed by atoms with Crippen LogP contribution in [-0.2, 0) is 0 Å². The molecule has 2 aromatic carbocycles. The van der Waals surface area contributed by atoms with Crippen molar-refractivity contribution in [3.8, 4) is 11.3 Å². The van der Waals surface area contributed by atoms with Gasteiger partial charge in [0.05, 0.1) is 16.4 Å². The molecule has 0 aliphatic carbocycles.